The van der Waals surface area contributed by atoms with Crippen LogP contribution in [0.5, 0.6) is 0 Å². The van der Waals surface area contributed by atoms with E-state index < -0.39 is 35.8 Å². The minimum absolute atomic E-state index is 0.327. The molecule has 0 spiro atoms. The Morgan fingerprint density at radius 3 is 2.65 bits per heavy atom. The van der Waals surface area contributed by atoms with Gasteiger partial charge >= 0.3 is 6.18 Å². The molecule has 0 fully saturated rings. The third kappa shape index (κ3) is 3.00. The SMILES string of the molecule is O=C1C[C@@H](C(=O)Nc2ccccc2)n2nc(C(F)(F)F)nc2N1. The predicted octanol–water partition coefficient (Wildman–Crippen LogP) is 1.82. The maximum atomic E-state index is 12.7. The van der Waals surface area contributed by atoms with E-state index in [0.29, 0.717) is 5.69 Å². The summed E-state index contributed by atoms with van der Waals surface area (Å²) >= 11 is 0. The van der Waals surface area contributed by atoms with E-state index in [2.05, 4.69) is 20.7 Å². The van der Waals surface area contributed by atoms with Gasteiger partial charge in [-0.25, -0.2) is 4.68 Å². The van der Waals surface area contributed by atoms with Crippen molar-refractivity contribution >= 4 is 23.5 Å². The Bertz CT molecular complexity index is 757. The molecule has 1 aliphatic rings. The summed E-state index contributed by atoms with van der Waals surface area (Å²) in [7, 11) is 0. The molecule has 2 amide bonds. The van der Waals surface area contributed by atoms with Gasteiger partial charge < -0.3 is 5.32 Å². The van der Waals surface area contributed by atoms with E-state index in [4.69, 9.17) is 0 Å². The lowest BCUT2D eigenvalue weighted by Gasteiger charge is -2.22. The fraction of sp³-hybridized carbons (Fsp3) is 0.231. The second-order valence-electron chi connectivity index (χ2n) is 4.82. The zero-order valence-corrected chi connectivity index (χ0v) is 11.5. The summed E-state index contributed by atoms with van der Waals surface area (Å²) in [5.74, 6) is -3.06. The average Bonchev–Trinajstić information content (AvgIpc) is 2.91. The van der Waals surface area contributed by atoms with Gasteiger partial charge in [-0.3, -0.25) is 14.9 Å². The molecule has 0 saturated carbocycles. The predicted molar refractivity (Wildman–Crippen MR) is 72.4 cm³/mol. The van der Waals surface area contributed by atoms with Crippen molar-refractivity contribution in [3.05, 3.63) is 36.2 Å². The number of carbonyl (C=O) groups is 2. The molecular weight excluding hydrogens is 315 g/mol. The number of alkyl halides is 3. The van der Waals surface area contributed by atoms with Gasteiger partial charge in [0.15, 0.2) is 0 Å². The topological polar surface area (TPSA) is 88.9 Å². The Labute approximate surface area is 127 Å². The van der Waals surface area contributed by atoms with Crippen molar-refractivity contribution < 1.29 is 22.8 Å². The van der Waals surface area contributed by atoms with Crippen LogP contribution < -0.4 is 10.6 Å². The normalized spacial score (nSPS) is 17.3. The highest BCUT2D eigenvalue weighted by atomic mass is 19.4. The molecule has 2 heterocycles. The summed E-state index contributed by atoms with van der Waals surface area (Å²) in [5, 5.41) is 8.01. The molecule has 120 valence electrons. The molecule has 23 heavy (non-hydrogen) atoms. The van der Waals surface area contributed by atoms with Gasteiger partial charge in [0.1, 0.15) is 6.04 Å². The Balaban J connectivity index is 1.90. The second kappa shape index (κ2) is 5.38. The van der Waals surface area contributed by atoms with Crippen molar-refractivity contribution in [3.63, 3.8) is 0 Å². The van der Waals surface area contributed by atoms with Crippen LogP contribution in [0.25, 0.3) is 0 Å². The summed E-state index contributed by atoms with van der Waals surface area (Å²) in [6.45, 7) is 0. The van der Waals surface area contributed by atoms with E-state index in [1.165, 1.54) is 0 Å². The first kappa shape index (κ1) is 15.0. The summed E-state index contributed by atoms with van der Waals surface area (Å²) < 4.78 is 38.9. The van der Waals surface area contributed by atoms with Crippen LogP contribution in [-0.2, 0) is 15.8 Å². The Kier molecular flexibility index (Phi) is 3.51. The van der Waals surface area contributed by atoms with E-state index in [1.54, 1.807) is 30.3 Å². The van der Waals surface area contributed by atoms with Crippen LogP contribution >= 0.6 is 0 Å². The Morgan fingerprint density at radius 2 is 2.00 bits per heavy atom. The van der Waals surface area contributed by atoms with Gasteiger partial charge in [0.2, 0.25) is 17.8 Å². The molecule has 2 N–H and O–H groups in total. The molecule has 0 aliphatic carbocycles. The first-order chi connectivity index (χ1) is 10.8. The number of hydrogen-bond acceptors (Lipinski definition) is 4. The number of nitrogens with one attached hydrogen (secondary N) is 2. The minimum atomic E-state index is -4.77. The average molecular weight is 325 g/mol. The van der Waals surface area contributed by atoms with E-state index in [0.717, 1.165) is 4.68 Å². The van der Waals surface area contributed by atoms with E-state index >= 15 is 0 Å². The summed E-state index contributed by atoms with van der Waals surface area (Å²) in [6, 6.07) is 7.14. The molecule has 0 saturated heterocycles. The molecule has 1 atom stereocenters. The molecule has 3 rings (SSSR count). The van der Waals surface area contributed by atoms with Gasteiger partial charge in [0.25, 0.3) is 5.82 Å². The van der Waals surface area contributed by atoms with Gasteiger partial charge in [0.05, 0.1) is 6.42 Å². The van der Waals surface area contributed by atoms with Crippen molar-refractivity contribution in [1.82, 2.24) is 14.8 Å². The zero-order valence-electron chi connectivity index (χ0n) is 11.5. The van der Waals surface area contributed by atoms with Gasteiger partial charge in [0, 0.05) is 5.69 Å². The monoisotopic (exact) mass is 325 g/mol. The van der Waals surface area contributed by atoms with Crippen molar-refractivity contribution in [1.29, 1.82) is 0 Å². The van der Waals surface area contributed by atoms with Gasteiger partial charge in [-0.1, -0.05) is 18.2 Å². The van der Waals surface area contributed by atoms with Crippen molar-refractivity contribution in [2.75, 3.05) is 10.6 Å². The van der Waals surface area contributed by atoms with Crippen molar-refractivity contribution in [2.24, 2.45) is 0 Å². The maximum Gasteiger partial charge on any atom is 0.453 e. The first-order valence-electron chi connectivity index (χ1n) is 6.54. The third-order valence-corrected chi connectivity index (χ3v) is 3.15. The van der Waals surface area contributed by atoms with Gasteiger partial charge in [-0.2, -0.15) is 18.2 Å². The first-order valence-corrected chi connectivity index (χ1v) is 6.54. The van der Waals surface area contributed by atoms with Crippen LogP contribution in [0.3, 0.4) is 0 Å². The lowest BCUT2D eigenvalue weighted by atomic mass is 10.1. The number of anilines is 2. The van der Waals surface area contributed by atoms with E-state index in [1.807, 2.05) is 0 Å². The van der Waals surface area contributed by atoms with E-state index in [9.17, 15) is 22.8 Å². The maximum absolute atomic E-state index is 12.7. The minimum Gasteiger partial charge on any atom is -0.324 e. The van der Waals surface area contributed by atoms with Crippen molar-refractivity contribution in [2.45, 2.75) is 18.6 Å². The molecule has 1 aromatic heterocycles. The zero-order chi connectivity index (χ0) is 16.6. The molecule has 7 nitrogen and oxygen atoms in total. The molecule has 1 aromatic carbocycles. The van der Waals surface area contributed by atoms with Crippen LogP contribution in [0.15, 0.2) is 30.3 Å². The molecule has 10 heteroatoms. The summed E-state index contributed by atoms with van der Waals surface area (Å²) in [5.41, 5.74) is 0.459. The van der Waals surface area contributed by atoms with Gasteiger partial charge in [-0.05, 0) is 12.1 Å². The highest BCUT2D eigenvalue weighted by molar-refractivity contribution is 6.00. The smallest absolute Gasteiger partial charge is 0.324 e. The Morgan fingerprint density at radius 1 is 1.30 bits per heavy atom. The van der Waals surface area contributed by atoms with Crippen LogP contribution in [0.2, 0.25) is 0 Å². The molecule has 0 radical (unpaired) electrons. The number of nitrogens with zero attached hydrogens (tertiary/aromatic N) is 3. The number of hydrogen-bond donors (Lipinski definition) is 2. The summed E-state index contributed by atoms with van der Waals surface area (Å²) in [6.07, 6.45) is -5.10. The van der Waals surface area contributed by atoms with Gasteiger partial charge in [-0.15, -0.1) is 5.10 Å². The number of carbonyl (C=O) groups excluding carboxylic acids is 2. The molecule has 0 unspecified atom stereocenters. The number of rotatable bonds is 2. The molecule has 1 aliphatic heterocycles. The lowest BCUT2D eigenvalue weighted by Crippen LogP contribution is -2.36. The molecular formula is C13H10F3N5O2. The third-order valence-electron chi connectivity index (χ3n) is 3.15. The molecule has 0 bridgehead atoms. The quantitative estimate of drug-likeness (QED) is 0.881. The van der Waals surface area contributed by atoms with Crippen LogP contribution in [0.4, 0.5) is 24.8 Å². The fourth-order valence-corrected chi connectivity index (χ4v) is 2.13. The number of para-hydroxylation sites is 1. The fourth-order valence-electron chi connectivity index (χ4n) is 2.13. The number of benzene rings is 1. The number of amides is 2. The standard InChI is InChI=1S/C13H10F3N5O2/c14-13(15,16)11-19-12-18-9(22)6-8(21(12)20-11)10(23)17-7-4-2-1-3-5-7/h1-5,8H,6H2,(H,17,23)(H,18,19,20,22)/t8-/m0/s1. The number of halogens is 3. The van der Waals surface area contributed by atoms with Crippen LogP contribution in [0.1, 0.15) is 18.3 Å². The lowest BCUT2D eigenvalue weighted by molar-refractivity contribution is -0.145. The van der Waals surface area contributed by atoms with Crippen LogP contribution in [-0.4, -0.2) is 26.6 Å². The highest BCUT2D eigenvalue weighted by Crippen LogP contribution is 2.31. The highest BCUT2D eigenvalue weighted by Gasteiger charge is 2.41. The number of fused-ring (bicyclic) bond motifs is 1. The van der Waals surface area contributed by atoms with Crippen LogP contribution in [0, 0.1) is 0 Å². The number of aromatic nitrogens is 3. The van der Waals surface area contributed by atoms with E-state index in [-0.39, 0.29) is 6.42 Å². The summed E-state index contributed by atoms with van der Waals surface area (Å²) in [4.78, 5) is 27.1. The Hall–Kier alpha value is -2.91. The molecule has 2 aromatic rings. The van der Waals surface area contributed by atoms with Crippen molar-refractivity contribution in [3.8, 4) is 0 Å². The largest absolute Gasteiger partial charge is 0.453 e. The second-order valence-corrected chi connectivity index (χ2v) is 4.82.